The molecule has 1 aromatic rings. The first-order valence-corrected chi connectivity index (χ1v) is 14.1. The van der Waals surface area contributed by atoms with Gasteiger partial charge in [-0.2, -0.15) is 0 Å². The van der Waals surface area contributed by atoms with Crippen LogP contribution in [-0.4, -0.2) is 37.7 Å². The van der Waals surface area contributed by atoms with Gasteiger partial charge in [-0.3, -0.25) is 0 Å². The van der Waals surface area contributed by atoms with E-state index < -0.39 is 0 Å². The normalized spacial score (nSPS) is 11.5. The second-order valence-electron chi connectivity index (χ2n) is 10.7. The zero-order valence-electron chi connectivity index (χ0n) is 24.4. The molecule has 1 unspecified atom stereocenters. The summed E-state index contributed by atoms with van der Waals surface area (Å²) in [6.07, 6.45) is 20.3. The van der Waals surface area contributed by atoms with Crippen LogP contribution in [0.2, 0.25) is 0 Å². The van der Waals surface area contributed by atoms with Crippen molar-refractivity contribution in [1.29, 1.82) is 0 Å². The molecule has 0 aromatic heterocycles. The van der Waals surface area contributed by atoms with Gasteiger partial charge in [-0.05, 0) is 19.8 Å². The summed E-state index contributed by atoms with van der Waals surface area (Å²) >= 11 is 0. The average Bonchev–Trinajstić information content (AvgIpc) is 2.82. The number of unbranched alkanes of at least 4 members (excludes halogenated alkanes) is 13. The van der Waals surface area contributed by atoms with Gasteiger partial charge in [0.15, 0.2) is 0 Å². The Morgan fingerprint density at radius 3 is 1.70 bits per heavy atom. The summed E-state index contributed by atoms with van der Waals surface area (Å²) in [6, 6.07) is 11.0. The van der Waals surface area contributed by atoms with Crippen LogP contribution in [0.4, 0.5) is 0 Å². The minimum absolute atomic E-state index is 0. The monoisotopic (exact) mass is 648 g/mol. The molecule has 0 saturated carbocycles. The van der Waals surface area contributed by atoms with Crippen LogP contribution >= 0.6 is 17.0 Å². The Balaban J connectivity index is -0.00000385. The summed E-state index contributed by atoms with van der Waals surface area (Å²) in [7, 11) is 4.64. The number of carbonyl (C=O) groups excluding carboxylic acids is 1. The molecular weight excluding hydrogens is 592 g/mol. The molecule has 0 spiro atoms. The molecule has 4 nitrogen and oxygen atoms in total. The van der Waals surface area contributed by atoms with E-state index >= 15 is 0 Å². The van der Waals surface area contributed by atoms with Crippen LogP contribution in [0.3, 0.4) is 0 Å². The first-order chi connectivity index (χ1) is 16.4. The van der Waals surface area contributed by atoms with Gasteiger partial charge in [-0.25, -0.2) is 4.79 Å². The van der Waals surface area contributed by atoms with Gasteiger partial charge in [0, 0.05) is 17.6 Å². The van der Waals surface area contributed by atoms with E-state index in [1.165, 1.54) is 95.5 Å². The average molecular weight is 651 g/mol. The molecule has 1 atom stereocenters. The Labute approximate surface area is 250 Å². The van der Waals surface area contributed by atoms with E-state index in [2.05, 4.69) is 57.9 Å². The number of nitrogens with zero attached hydrogens (tertiary/aromatic N) is 1. The van der Waals surface area contributed by atoms with Crippen molar-refractivity contribution >= 4 is 23.0 Å². The zero-order valence-corrected chi connectivity index (χ0v) is 27.7. The fraction of sp³-hybridized carbons (Fsp3) is 0.710. The quantitative estimate of drug-likeness (QED) is 0.0712. The number of rotatable bonds is 21. The third-order valence-electron chi connectivity index (χ3n) is 7.09. The molecule has 37 heavy (non-hydrogen) atoms. The zero-order chi connectivity index (χ0) is 25.1. The highest BCUT2D eigenvalue weighted by Gasteiger charge is 2.29. The molecule has 0 saturated heterocycles. The first-order valence-electron chi connectivity index (χ1n) is 14.1. The molecule has 0 bridgehead atoms. The van der Waals surface area contributed by atoms with Crippen LogP contribution < -0.4 is 23.1 Å². The lowest BCUT2D eigenvalue weighted by Crippen LogP contribution is -3.00. The van der Waals surface area contributed by atoms with E-state index in [9.17, 15) is 4.79 Å². The largest absolute Gasteiger partial charge is 1.00 e. The van der Waals surface area contributed by atoms with Gasteiger partial charge in [0.1, 0.15) is 6.04 Å². The number of hydrogen-bond acceptors (Lipinski definition) is 3. The molecule has 0 aliphatic rings. The Kier molecular flexibility index (Phi) is 28.2. The maximum absolute atomic E-state index is 11.8. The van der Waals surface area contributed by atoms with Crippen LogP contribution in [0, 0.1) is 0 Å². The summed E-state index contributed by atoms with van der Waals surface area (Å²) in [5.74, 6) is -0.288. The van der Waals surface area contributed by atoms with E-state index in [1.807, 2.05) is 0 Å². The topological polar surface area (TPSA) is 61.3 Å². The van der Waals surface area contributed by atoms with Gasteiger partial charge < -0.3 is 32.4 Å². The van der Waals surface area contributed by atoms with Crippen molar-refractivity contribution < 1.29 is 31.0 Å². The van der Waals surface area contributed by atoms with E-state index in [0.717, 1.165) is 17.4 Å². The van der Waals surface area contributed by atoms with E-state index in [4.69, 9.17) is 4.74 Å². The molecule has 1 rings (SSSR count). The molecule has 0 radical (unpaired) electrons. The smallest absolute Gasteiger partial charge is 0.333 e. The number of ether oxygens (including phenoxy) is 1. The number of benzene rings is 1. The lowest BCUT2D eigenvalue weighted by atomic mass is 9.99. The van der Waals surface area contributed by atoms with Crippen LogP contribution in [0.15, 0.2) is 42.5 Å². The summed E-state index contributed by atoms with van der Waals surface area (Å²) < 4.78 is 6.35. The highest BCUT2D eigenvalue weighted by Crippen LogP contribution is 2.29. The van der Waals surface area contributed by atoms with Crippen LogP contribution in [0.1, 0.15) is 122 Å². The molecule has 0 amide bonds. The van der Waals surface area contributed by atoms with Crippen LogP contribution in [0.25, 0.3) is 0 Å². The first kappa shape index (κ1) is 40.8. The van der Waals surface area contributed by atoms with Crippen LogP contribution in [0.5, 0.6) is 0 Å². The van der Waals surface area contributed by atoms with E-state index in [1.54, 1.807) is 6.92 Å². The van der Waals surface area contributed by atoms with Gasteiger partial charge in [0.05, 0.1) is 27.2 Å². The SMILES string of the molecule is Br.C=C(C)C(=O)OCCC(c1ccccc1)[N+](C)(C)CCCCCCCCCCCCCCCC.N.[Br-]. The van der Waals surface area contributed by atoms with Crippen LogP contribution in [-0.2, 0) is 9.53 Å². The van der Waals surface area contributed by atoms with Gasteiger partial charge in [0.2, 0.25) is 0 Å². The third kappa shape index (κ3) is 20.0. The number of halogens is 2. The van der Waals surface area contributed by atoms with Crippen molar-refractivity contribution in [3.63, 3.8) is 0 Å². The molecule has 0 fully saturated rings. The minimum Gasteiger partial charge on any atom is -1.00 e. The minimum atomic E-state index is -0.288. The Morgan fingerprint density at radius 1 is 0.838 bits per heavy atom. The Morgan fingerprint density at radius 2 is 1.27 bits per heavy atom. The van der Waals surface area contributed by atoms with Gasteiger partial charge in [-0.1, -0.05) is 121 Å². The molecule has 6 heteroatoms. The summed E-state index contributed by atoms with van der Waals surface area (Å²) in [4.78, 5) is 11.8. The van der Waals surface area contributed by atoms with Crippen molar-refractivity contribution in [3.8, 4) is 0 Å². The summed E-state index contributed by atoms with van der Waals surface area (Å²) in [5.41, 5.74) is 1.79. The summed E-state index contributed by atoms with van der Waals surface area (Å²) in [6.45, 7) is 9.25. The van der Waals surface area contributed by atoms with E-state index in [-0.39, 0.29) is 46.1 Å². The molecule has 1 aromatic carbocycles. The number of esters is 1. The number of carbonyl (C=O) groups is 1. The van der Waals surface area contributed by atoms with Gasteiger partial charge in [-0.15, -0.1) is 17.0 Å². The maximum atomic E-state index is 11.8. The van der Waals surface area contributed by atoms with Crippen molar-refractivity contribution in [2.75, 3.05) is 27.2 Å². The maximum Gasteiger partial charge on any atom is 0.333 e. The lowest BCUT2D eigenvalue weighted by molar-refractivity contribution is -0.921. The highest BCUT2D eigenvalue weighted by atomic mass is 79.9. The fourth-order valence-corrected chi connectivity index (χ4v) is 4.85. The predicted molar refractivity (Wildman–Crippen MR) is 162 cm³/mol. The van der Waals surface area contributed by atoms with Crippen molar-refractivity contribution in [1.82, 2.24) is 6.15 Å². The molecule has 0 aliphatic heterocycles. The fourth-order valence-electron chi connectivity index (χ4n) is 4.85. The van der Waals surface area contributed by atoms with Crippen molar-refractivity contribution in [2.45, 2.75) is 116 Å². The Bertz CT molecular complexity index is 668. The lowest BCUT2D eigenvalue weighted by Gasteiger charge is -2.38. The number of quaternary nitrogens is 1. The van der Waals surface area contributed by atoms with Gasteiger partial charge in [0.25, 0.3) is 0 Å². The van der Waals surface area contributed by atoms with E-state index in [0.29, 0.717) is 18.2 Å². The second kappa shape index (κ2) is 25.6. The summed E-state index contributed by atoms with van der Waals surface area (Å²) in [5, 5.41) is 0. The predicted octanol–water partition coefficient (Wildman–Crippen LogP) is 6.54. The van der Waals surface area contributed by atoms with Gasteiger partial charge >= 0.3 is 5.97 Å². The molecule has 3 N–H and O–H groups in total. The second-order valence-corrected chi connectivity index (χ2v) is 10.7. The van der Waals surface area contributed by atoms with Crippen molar-refractivity contribution in [3.05, 3.63) is 48.0 Å². The highest BCUT2D eigenvalue weighted by molar-refractivity contribution is 8.93. The molecule has 0 aliphatic carbocycles. The molecular formula is C31H58Br2N2O2. The molecule has 0 heterocycles. The number of hydrogen-bond donors (Lipinski definition) is 1. The Hall–Kier alpha value is -0.690. The molecule has 218 valence electrons. The third-order valence-corrected chi connectivity index (χ3v) is 7.09. The van der Waals surface area contributed by atoms with Crippen molar-refractivity contribution in [2.24, 2.45) is 0 Å². The standard InChI is InChI=1S/C31H54NO2.2BrH.H3N/c1-6-7-8-9-10-11-12-13-14-15-16-17-18-22-26-32(4,5)30(29-23-20-19-21-24-29)25-27-34-31(33)28(2)3;;;/h19-21,23-24,30H,2,6-18,22,25-27H2,1,3-5H3;2*1H;1H3/q+1;;;/p-1.